The number of H-pyrrole nitrogens is 1. The molecular formula is C15H13BrN2O. The lowest BCUT2D eigenvalue weighted by Crippen LogP contribution is -1.89. The number of benzene rings is 2. The molecule has 0 saturated carbocycles. The Bertz CT molecular complexity index is 704. The summed E-state index contributed by atoms with van der Waals surface area (Å²) in [6.07, 6.45) is 0.796. The van der Waals surface area contributed by atoms with Crippen molar-refractivity contribution in [3.63, 3.8) is 0 Å². The molecular weight excluding hydrogens is 304 g/mol. The predicted molar refractivity (Wildman–Crippen MR) is 79.6 cm³/mol. The van der Waals surface area contributed by atoms with Gasteiger partial charge in [0.2, 0.25) is 0 Å². The minimum atomic E-state index is 0.796. The van der Waals surface area contributed by atoms with Gasteiger partial charge in [-0.25, -0.2) is 4.98 Å². The van der Waals surface area contributed by atoms with E-state index in [-0.39, 0.29) is 0 Å². The number of aromatic nitrogens is 2. The van der Waals surface area contributed by atoms with Crippen molar-refractivity contribution in [1.82, 2.24) is 9.97 Å². The number of nitrogens with zero attached hydrogens (tertiary/aromatic N) is 1. The summed E-state index contributed by atoms with van der Waals surface area (Å²) >= 11 is 3.44. The zero-order valence-electron chi connectivity index (χ0n) is 10.5. The minimum absolute atomic E-state index is 0.796. The second-order valence-electron chi connectivity index (χ2n) is 4.37. The third-order valence-electron chi connectivity index (χ3n) is 3.02. The van der Waals surface area contributed by atoms with Crippen LogP contribution in [0.1, 0.15) is 11.4 Å². The fraction of sp³-hybridized carbons (Fsp3) is 0.133. The number of hydrogen-bond donors (Lipinski definition) is 1. The summed E-state index contributed by atoms with van der Waals surface area (Å²) in [5.41, 5.74) is 3.20. The summed E-state index contributed by atoms with van der Waals surface area (Å²) in [6, 6.07) is 14.1. The van der Waals surface area contributed by atoms with Crippen LogP contribution in [-0.2, 0) is 6.42 Å². The number of nitrogens with one attached hydrogen (secondary N) is 1. The molecule has 0 aliphatic rings. The molecule has 1 aromatic heterocycles. The number of imidazole rings is 1. The van der Waals surface area contributed by atoms with Gasteiger partial charge in [-0.1, -0.05) is 28.1 Å². The number of rotatable bonds is 3. The molecule has 3 aromatic rings. The average molecular weight is 317 g/mol. The molecule has 0 bridgehead atoms. The van der Waals surface area contributed by atoms with Gasteiger partial charge in [-0.3, -0.25) is 0 Å². The normalized spacial score (nSPS) is 10.8. The van der Waals surface area contributed by atoms with E-state index in [0.29, 0.717) is 0 Å². The first-order valence-corrected chi connectivity index (χ1v) is 6.81. The second kappa shape index (κ2) is 5.05. The maximum absolute atomic E-state index is 5.21. The molecule has 0 atom stereocenters. The summed E-state index contributed by atoms with van der Waals surface area (Å²) in [5, 5.41) is 0. The average Bonchev–Trinajstić information content (AvgIpc) is 2.82. The number of methoxy groups -OCH3 is 1. The first kappa shape index (κ1) is 12.2. The number of fused-ring (bicyclic) bond motifs is 1. The van der Waals surface area contributed by atoms with Crippen LogP contribution in [0.3, 0.4) is 0 Å². The van der Waals surface area contributed by atoms with E-state index >= 15 is 0 Å². The van der Waals surface area contributed by atoms with Crippen molar-refractivity contribution >= 4 is 27.0 Å². The summed E-state index contributed by atoms with van der Waals surface area (Å²) in [4.78, 5) is 7.91. The molecule has 0 aliphatic carbocycles. The van der Waals surface area contributed by atoms with Crippen LogP contribution in [0, 0.1) is 0 Å². The van der Waals surface area contributed by atoms with Gasteiger partial charge in [0.15, 0.2) is 0 Å². The molecule has 2 aromatic carbocycles. The Kier molecular flexibility index (Phi) is 3.25. The predicted octanol–water partition coefficient (Wildman–Crippen LogP) is 3.92. The quantitative estimate of drug-likeness (QED) is 0.795. The number of ether oxygens (including phenoxy) is 1. The molecule has 4 heteroatoms. The van der Waals surface area contributed by atoms with Crippen LogP contribution < -0.4 is 4.74 Å². The highest BCUT2D eigenvalue weighted by atomic mass is 79.9. The first-order valence-electron chi connectivity index (χ1n) is 6.02. The zero-order chi connectivity index (χ0) is 13.2. The molecule has 19 heavy (non-hydrogen) atoms. The van der Waals surface area contributed by atoms with Gasteiger partial charge in [0.05, 0.1) is 18.1 Å². The highest BCUT2D eigenvalue weighted by Gasteiger charge is 2.05. The summed E-state index contributed by atoms with van der Waals surface area (Å²) < 4.78 is 6.30. The summed E-state index contributed by atoms with van der Waals surface area (Å²) in [7, 11) is 1.67. The third-order valence-corrected chi connectivity index (χ3v) is 3.55. The monoisotopic (exact) mass is 316 g/mol. The van der Waals surface area contributed by atoms with Crippen LogP contribution in [0.15, 0.2) is 46.9 Å². The number of halogens is 1. The highest BCUT2D eigenvalue weighted by molar-refractivity contribution is 9.10. The SMILES string of the molecule is COc1ccc2nc(Cc3ccc(Br)cc3)[nH]c2c1. The number of aromatic amines is 1. The Morgan fingerprint density at radius 2 is 1.95 bits per heavy atom. The molecule has 0 fully saturated rings. The second-order valence-corrected chi connectivity index (χ2v) is 5.29. The van der Waals surface area contributed by atoms with E-state index in [0.717, 1.165) is 33.5 Å². The van der Waals surface area contributed by atoms with Gasteiger partial charge in [0.1, 0.15) is 11.6 Å². The maximum Gasteiger partial charge on any atom is 0.121 e. The van der Waals surface area contributed by atoms with Crippen molar-refractivity contribution in [3.8, 4) is 5.75 Å². The lowest BCUT2D eigenvalue weighted by atomic mass is 10.1. The van der Waals surface area contributed by atoms with E-state index in [1.807, 2.05) is 30.3 Å². The molecule has 0 radical (unpaired) electrons. The van der Waals surface area contributed by atoms with Crippen LogP contribution in [0.5, 0.6) is 5.75 Å². The van der Waals surface area contributed by atoms with E-state index < -0.39 is 0 Å². The van der Waals surface area contributed by atoms with Crippen molar-refractivity contribution in [2.75, 3.05) is 7.11 Å². The molecule has 3 nitrogen and oxygen atoms in total. The fourth-order valence-electron chi connectivity index (χ4n) is 2.05. The van der Waals surface area contributed by atoms with Gasteiger partial charge in [-0.15, -0.1) is 0 Å². The van der Waals surface area contributed by atoms with Crippen molar-refractivity contribution in [3.05, 3.63) is 58.3 Å². The third kappa shape index (κ3) is 2.63. The van der Waals surface area contributed by atoms with E-state index in [1.165, 1.54) is 5.56 Å². The minimum Gasteiger partial charge on any atom is -0.497 e. The van der Waals surface area contributed by atoms with Crippen LogP contribution >= 0.6 is 15.9 Å². The largest absolute Gasteiger partial charge is 0.497 e. The van der Waals surface area contributed by atoms with Crippen molar-refractivity contribution in [2.24, 2.45) is 0 Å². The summed E-state index contributed by atoms with van der Waals surface area (Å²) in [6.45, 7) is 0. The molecule has 96 valence electrons. The van der Waals surface area contributed by atoms with Crippen molar-refractivity contribution in [2.45, 2.75) is 6.42 Å². The van der Waals surface area contributed by atoms with Gasteiger partial charge in [-0.2, -0.15) is 0 Å². The Morgan fingerprint density at radius 1 is 1.16 bits per heavy atom. The molecule has 0 amide bonds. The molecule has 0 unspecified atom stereocenters. The topological polar surface area (TPSA) is 37.9 Å². The zero-order valence-corrected chi connectivity index (χ0v) is 12.1. The Balaban J connectivity index is 1.90. The van der Waals surface area contributed by atoms with Crippen molar-refractivity contribution in [1.29, 1.82) is 0 Å². The van der Waals surface area contributed by atoms with E-state index in [4.69, 9.17) is 4.74 Å². The summed E-state index contributed by atoms with van der Waals surface area (Å²) in [5.74, 6) is 1.80. The van der Waals surface area contributed by atoms with Crippen molar-refractivity contribution < 1.29 is 4.74 Å². The van der Waals surface area contributed by atoms with E-state index in [2.05, 4.69) is 38.0 Å². The van der Waals surface area contributed by atoms with Gasteiger partial charge >= 0.3 is 0 Å². The highest BCUT2D eigenvalue weighted by Crippen LogP contribution is 2.20. The van der Waals surface area contributed by atoms with Crippen LogP contribution in [0.4, 0.5) is 0 Å². The maximum atomic E-state index is 5.21. The molecule has 0 spiro atoms. The van der Waals surface area contributed by atoms with Crippen LogP contribution in [-0.4, -0.2) is 17.1 Å². The smallest absolute Gasteiger partial charge is 0.121 e. The van der Waals surface area contributed by atoms with Crippen LogP contribution in [0.25, 0.3) is 11.0 Å². The van der Waals surface area contributed by atoms with Gasteiger partial charge < -0.3 is 9.72 Å². The molecule has 0 aliphatic heterocycles. The van der Waals surface area contributed by atoms with Gasteiger partial charge in [0.25, 0.3) is 0 Å². The lowest BCUT2D eigenvalue weighted by molar-refractivity contribution is 0.415. The lowest BCUT2D eigenvalue weighted by Gasteiger charge is -1.98. The first-order chi connectivity index (χ1) is 9.24. The molecule has 0 saturated heterocycles. The number of hydrogen-bond acceptors (Lipinski definition) is 2. The Hall–Kier alpha value is -1.81. The fourth-order valence-corrected chi connectivity index (χ4v) is 2.31. The van der Waals surface area contributed by atoms with Crippen LogP contribution in [0.2, 0.25) is 0 Å². The van der Waals surface area contributed by atoms with Gasteiger partial charge in [0, 0.05) is 17.0 Å². The van der Waals surface area contributed by atoms with E-state index in [9.17, 15) is 0 Å². The van der Waals surface area contributed by atoms with E-state index in [1.54, 1.807) is 7.11 Å². The molecule has 1 heterocycles. The molecule has 3 rings (SSSR count). The Morgan fingerprint density at radius 3 is 2.68 bits per heavy atom. The standard InChI is InChI=1S/C15H13BrN2O/c1-19-12-6-7-13-14(9-12)18-15(17-13)8-10-2-4-11(16)5-3-10/h2-7,9H,8H2,1H3,(H,17,18). The van der Waals surface area contributed by atoms with Gasteiger partial charge in [-0.05, 0) is 29.8 Å². The Labute approximate surface area is 119 Å². The molecule has 1 N–H and O–H groups in total.